The number of aliphatic hydroxyl groups excluding tert-OH is 1. The number of aromatic nitrogens is 2. The average Bonchev–Trinajstić information content (AvgIpc) is 3.52. The minimum atomic E-state index is -0.813. The normalized spacial score (nSPS) is 15.1. The van der Waals surface area contributed by atoms with Crippen LogP contribution in [0.5, 0.6) is 0 Å². The lowest BCUT2D eigenvalue weighted by atomic mass is 10.0. The summed E-state index contributed by atoms with van der Waals surface area (Å²) < 4.78 is 0. The molecule has 6 nitrogen and oxygen atoms in total. The Hall–Kier alpha value is -2.67. The zero-order valence-corrected chi connectivity index (χ0v) is 15.6. The van der Waals surface area contributed by atoms with Crippen molar-refractivity contribution >= 4 is 17.4 Å². The van der Waals surface area contributed by atoms with Crippen molar-refractivity contribution in [2.75, 3.05) is 5.32 Å². The second-order valence-corrected chi connectivity index (χ2v) is 6.73. The third kappa shape index (κ3) is 4.54. The maximum atomic E-state index is 10.2. The molecule has 1 aliphatic rings. The molecule has 140 valence electrons. The lowest BCUT2D eigenvalue weighted by Gasteiger charge is -2.14. The fourth-order valence-electron chi connectivity index (χ4n) is 2.72. The van der Waals surface area contributed by atoms with Gasteiger partial charge in [-0.05, 0) is 24.5 Å². The summed E-state index contributed by atoms with van der Waals surface area (Å²) in [4.78, 5) is 8.82. The van der Waals surface area contributed by atoms with Crippen LogP contribution < -0.4 is 16.6 Å². The van der Waals surface area contributed by atoms with E-state index in [9.17, 15) is 5.11 Å². The number of hydrogen-bond donors (Lipinski definition) is 4. The van der Waals surface area contributed by atoms with Gasteiger partial charge in [0, 0.05) is 22.9 Å². The van der Waals surface area contributed by atoms with Gasteiger partial charge in [0.25, 0.3) is 0 Å². The molecule has 1 aromatic carbocycles. The SMILES string of the molecule is C=CC(O)c1ccccc1-c1ncc(Cl)c(NC(=C)/C=C(\NN)C2CC2)n1. The molecular formula is C20H22ClN5O. The standard InChI is InChI=1S/C20H22ClN5O/c1-3-18(27)14-6-4-5-7-15(14)19-23-11-16(21)20(25-19)24-12(2)10-17(26-22)13-8-9-13/h3-7,10-11,13,18,26-27H,1-2,8-9,22H2,(H,23,24,25)/b17-10-. The summed E-state index contributed by atoms with van der Waals surface area (Å²) in [6, 6.07) is 7.35. The molecule has 7 heteroatoms. The molecule has 0 radical (unpaired) electrons. The number of hydrazine groups is 1. The number of hydrogen-bond acceptors (Lipinski definition) is 6. The fraction of sp³-hybridized carbons (Fsp3) is 0.200. The molecule has 1 saturated carbocycles. The first-order valence-corrected chi connectivity index (χ1v) is 8.98. The number of halogens is 1. The fourth-order valence-corrected chi connectivity index (χ4v) is 2.86. The molecule has 1 heterocycles. The molecule has 1 unspecified atom stereocenters. The summed E-state index contributed by atoms with van der Waals surface area (Å²) in [6.45, 7) is 7.63. The summed E-state index contributed by atoms with van der Waals surface area (Å²) in [6.07, 6.45) is 6.24. The molecule has 0 aliphatic heterocycles. The van der Waals surface area contributed by atoms with Crippen LogP contribution in [-0.4, -0.2) is 15.1 Å². The highest BCUT2D eigenvalue weighted by Crippen LogP contribution is 2.35. The Morgan fingerprint density at radius 2 is 2.11 bits per heavy atom. The molecule has 1 aliphatic carbocycles. The van der Waals surface area contributed by atoms with Gasteiger partial charge in [-0.2, -0.15) is 0 Å². The van der Waals surface area contributed by atoms with Gasteiger partial charge in [-0.1, -0.05) is 48.5 Å². The number of allylic oxidation sites excluding steroid dienone is 2. The molecule has 2 aromatic rings. The van der Waals surface area contributed by atoms with Crippen molar-refractivity contribution in [2.24, 2.45) is 11.8 Å². The minimum Gasteiger partial charge on any atom is -0.384 e. The molecule has 1 fully saturated rings. The van der Waals surface area contributed by atoms with Crippen LogP contribution in [0.1, 0.15) is 24.5 Å². The van der Waals surface area contributed by atoms with Crippen LogP contribution in [0.4, 0.5) is 5.82 Å². The highest BCUT2D eigenvalue weighted by molar-refractivity contribution is 6.32. The molecular weight excluding hydrogens is 362 g/mol. The Morgan fingerprint density at radius 1 is 1.37 bits per heavy atom. The van der Waals surface area contributed by atoms with Crippen molar-refractivity contribution in [3.8, 4) is 11.4 Å². The van der Waals surface area contributed by atoms with Crippen LogP contribution in [0.25, 0.3) is 11.4 Å². The van der Waals surface area contributed by atoms with E-state index in [-0.39, 0.29) is 0 Å². The van der Waals surface area contributed by atoms with Crippen molar-refractivity contribution in [1.29, 1.82) is 0 Å². The Kier molecular flexibility index (Phi) is 5.91. The van der Waals surface area contributed by atoms with E-state index in [1.165, 1.54) is 12.3 Å². The van der Waals surface area contributed by atoms with Crippen LogP contribution in [0.2, 0.25) is 5.02 Å². The summed E-state index contributed by atoms with van der Waals surface area (Å²) >= 11 is 6.25. The van der Waals surface area contributed by atoms with Crippen LogP contribution in [0.3, 0.4) is 0 Å². The van der Waals surface area contributed by atoms with Gasteiger partial charge < -0.3 is 15.8 Å². The van der Waals surface area contributed by atoms with Crippen LogP contribution in [0.15, 0.2) is 67.2 Å². The smallest absolute Gasteiger partial charge is 0.162 e. The first-order valence-electron chi connectivity index (χ1n) is 8.60. The monoisotopic (exact) mass is 383 g/mol. The molecule has 27 heavy (non-hydrogen) atoms. The third-order valence-electron chi connectivity index (χ3n) is 4.28. The molecule has 0 spiro atoms. The van der Waals surface area contributed by atoms with E-state index in [0.29, 0.717) is 39.4 Å². The number of nitrogens with zero attached hydrogens (tertiary/aromatic N) is 2. The van der Waals surface area contributed by atoms with Crippen molar-refractivity contribution in [2.45, 2.75) is 18.9 Å². The highest BCUT2D eigenvalue weighted by atomic mass is 35.5. The maximum Gasteiger partial charge on any atom is 0.162 e. The summed E-state index contributed by atoms with van der Waals surface area (Å²) in [5.74, 6) is 6.90. The van der Waals surface area contributed by atoms with Gasteiger partial charge >= 0.3 is 0 Å². The third-order valence-corrected chi connectivity index (χ3v) is 4.56. The van der Waals surface area contributed by atoms with Crippen LogP contribution in [-0.2, 0) is 0 Å². The summed E-state index contributed by atoms with van der Waals surface area (Å²) in [5, 5.41) is 13.6. The van der Waals surface area contributed by atoms with Gasteiger partial charge in [0.2, 0.25) is 0 Å². The molecule has 1 aromatic heterocycles. The molecule has 0 amide bonds. The van der Waals surface area contributed by atoms with Crippen molar-refractivity contribution in [3.63, 3.8) is 0 Å². The Balaban J connectivity index is 1.89. The lowest BCUT2D eigenvalue weighted by molar-refractivity contribution is 0.229. The van der Waals surface area contributed by atoms with Crippen LogP contribution >= 0.6 is 11.6 Å². The van der Waals surface area contributed by atoms with Gasteiger partial charge in [0.05, 0.1) is 12.3 Å². The number of rotatable bonds is 8. The second-order valence-electron chi connectivity index (χ2n) is 6.33. The average molecular weight is 384 g/mol. The number of nitrogens with two attached hydrogens (primary N) is 1. The number of anilines is 1. The Bertz CT molecular complexity index is 892. The molecule has 0 saturated heterocycles. The van der Waals surface area contributed by atoms with Crippen molar-refractivity contribution in [1.82, 2.24) is 15.4 Å². The van der Waals surface area contributed by atoms with Crippen molar-refractivity contribution in [3.05, 3.63) is 77.8 Å². The Morgan fingerprint density at radius 3 is 2.78 bits per heavy atom. The summed E-state index contributed by atoms with van der Waals surface area (Å²) in [5.41, 5.74) is 5.63. The van der Waals surface area contributed by atoms with Gasteiger partial charge in [-0.15, -0.1) is 6.58 Å². The molecule has 3 rings (SSSR count). The summed E-state index contributed by atoms with van der Waals surface area (Å²) in [7, 11) is 0. The topological polar surface area (TPSA) is 96.1 Å². The maximum absolute atomic E-state index is 10.2. The number of nitrogens with one attached hydrogen (secondary N) is 2. The van der Waals surface area contributed by atoms with E-state index < -0.39 is 6.10 Å². The molecule has 0 bridgehead atoms. The van der Waals surface area contributed by atoms with E-state index in [4.69, 9.17) is 17.4 Å². The lowest BCUT2D eigenvalue weighted by Crippen LogP contribution is -2.22. The van der Waals surface area contributed by atoms with E-state index in [2.05, 4.69) is 33.9 Å². The number of aliphatic hydroxyl groups is 1. The predicted octanol–water partition coefficient (Wildman–Crippen LogP) is 3.70. The van der Waals surface area contributed by atoms with Gasteiger partial charge in [-0.3, -0.25) is 5.84 Å². The van der Waals surface area contributed by atoms with Gasteiger partial charge in [0.15, 0.2) is 11.6 Å². The van der Waals surface area contributed by atoms with E-state index in [1.807, 2.05) is 30.3 Å². The van der Waals surface area contributed by atoms with Crippen LogP contribution in [0, 0.1) is 5.92 Å². The Labute approximate surface area is 163 Å². The van der Waals surface area contributed by atoms with E-state index in [0.717, 1.165) is 18.5 Å². The predicted molar refractivity (Wildman–Crippen MR) is 109 cm³/mol. The molecule has 1 atom stereocenters. The zero-order chi connectivity index (χ0) is 19.4. The van der Waals surface area contributed by atoms with E-state index >= 15 is 0 Å². The van der Waals surface area contributed by atoms with Gasteiger partial charge in [-0.25, -0.2) is 9.97 Å². The van der Waals surface area contributed by atoms with E-state index in [1.54, 1.807) is 0 Å². The highest BCUT2D eigenvalue weighted by Gasteiger charge is 2.25. The quantitative estimate of drug-likeness (QED) is 0.240. The number of benzene rings is 1. The second kappa shape index (κ2) is 8.35. The van der Waals surface area contributed by atoms with Crippen molar-refractivity contribution < 1.29 is 5.11 Å². The molecule has 5 N–H and O–H groups in total. The minimum absolute atomic E-state index is 0.365. The largest absolute Gasteiger partial charge is 0.384 e. The first-order chi connectivity index (χ1) is 13.0. The zero-order valence-electron chi connectivity index (χ0n) is 14.8. The first kappa shape index (κ1) is 19.1. The van der Waals surface area contributed by atoms with Gasteiger partial charge in [0.1, 0.15) is 5.02 Å².